The molecule has 1 rings (SSSR count). The van der Waals surface area contributed by atoms with Gasteiger partial charge in [-0.3, -0.25) is 4.79 Å². The van der Waals surface area contributed by atoms with Crippen LogP contribution in [0.2, 0.25) is 0 Å². The molecule has 0 aliphatic heterocycles. The molecule has 0 aliphatic carbocycles. The van der Waals surface area contributed by atoms with Crippen molar-refractivity contribution < 1.29 is 31.9 Å². The second-order valence-corrected chi connectivity index (χ2v) is 3.80. The average Bonchev–Trinajstić information content (AvgIpc) is 2.26. The molecule has 106 valence electrons. The summed E-state index contributed by atoms with van der Waals surface area (Å²) in [7, 11) is 0. The summed E-state index contributed by atoms with van der Waals surface area (Å²) >= 11 is 5.38. The van der Waals surface area contributed by atoms with Crippen molar-refractivity contribution in [1.29, 1.82) is 0 Å². The van der Waals surface area contributed by atoms with Crippen LogP contribution in [0.4, 0.5) is 22.0 Å². The number of alkyl halides is 6. The average molecular weight is 304 g/mol. The van der Waals surface area contributed by atoms with Crippen LogP contribution in [-0.4, -0.2) is 16.1 Å². The van der Waals surface area contributed by atoms with Gasteiger partial charge < -0.3 is 5.11 Å². The first-order chi connectivity index (χ1) is 8.66. The molecule has 0 aromatic carbocycles. The maximum absolute atomic E-state index is 12.6. The van der Waals surface area contributed by atoms with Gasteiger partial charge in [-0.1, -0.05) is 0 Å². The molecule has 19 heavy (non-hydrogen) atoms. The summed E-state index contributed by atoms with van der Waals surface area (Å²) in [5, 5.41) is 8.56. The van der Waals surface area contributed by atoms with E-state index in [1.54, 1.807) is 0 Å². The van der Waals surface area contributed by atoms with Crippen LogP contribution in [-0.2, 0) is 23.3 Å². The summed E-state index contributed by atoms with van der Waals surface area (Å²) in [6.45, 7) is 0. The number of carboxylic acids is 1. The second kappa shape index (κ2) is 5.68. The molecule has 0 amide bonds. The van der Waals surface area contributed by atoms with Crippen molar-refractivity contribution in [2.75, 3.05) is 0 Å². The number of aromatic nitrogens is 1. The van der Waals surface area contributed by atoms with Gasteiger partial charge in [-0.25, -0.2) is 13.8 Å². The molecule has 1 aromatic rings. The third kappa shape index (κ3) is 3.76. The smallest absolute Gasteiger partial charge is 0.418 e. The normalized spacial score (nSPS) is 11.9. The largest absolute Gasteiger partial charge is 0.481 e. The van der Waals surface area contributed by atoms with Gasteiger partial charge in [-0.05, 0) is 11.6 Å². The number of pyridine rings is 1. The minimum Gasteiger partial charge on any atom is -0.481 e. The van der Waals surface area contributed by atoms with Gasteiger partial charge >= 0.3 is 12.1 Å². The van der Waals surface area contributed by atoms with E-state index in [1.165, 1.54) is 0 Å². The van der Waals surface area contributed by atoms with E-state index in [9.17, 15) is 26.7 Å². The number of carbonyl (C=O) groups is 1. The number of rotatable bonds is 4. The Hall–Kier alpha value is -1.44. The summed E-state index contributed by atoms with van der Waals surface area (Å²) in [6.07, 6.45) is -9.25. The van der Waals surface area contributed by atoms with Crippen LogP contribution in [0.25, 0.3) is 0 Å². The molecule has 0 atom stereocenters. The Balaban J connectivity index is 3.47. The SMILES string of the molecule is O=C(O)Cc1cc(C(F)(F)F)c(C(F)F)nc1CCl. The van der Waals surface area contributed by atoms with E-state index >= 15 is 0 Å². The number of aliphatic carboxylic acids is 1. The number of nitrogens with zero attached hydrogens (tertiary/aromatic N) is 1. The predicted molar refractivity (Wildman–Crippen MR) is 55.1 cm³/mol. The van der Waals surface area contributed by atoms with E-state index in [0.717, 1.165) is 0 Å². The van der Waals surface area contributed by atoms with Crippen molar-refractivity contribution in [3.05, 3.63) is 28.6 Å². The fourth-order valence-corrected chi connectivity index (χ4v) is 1.67. The lowest BCUT2D eigenvalue weighted by molar-refractivity contribution is -0.140. The summed E-state index contributed by atoms with van der Waals surface area (Å²) in [6, 6.07) is 0.361. The highest BCUT2D eigenvalue weighted by Gasteiger charge is 2.37. The highest BCUT2D eigenvalue weighted by Crippen LogP contribution is 2.36. The summed E-state index contributed by atoms with van der Waals surface area (Å²) in [5.41, 5.74) is -3.73. The van der Waals surface area contributed by atoms with Crippen LogP contribution in [0, 0.1) is 0 Å². The Bertz CT molecular complexity index is 490. The van der Waals surface area contributed by atoms with Crippen molar-refractivity contribution in [2.24, 2.45) is 0 Å². The molecule has 3 nitrogen and oxygen atoms in total. The quantitative estimate of drug-likeness (QED) is 0.685. The molecule has 0 saturated heterocycles. The molecule has 0 aliphatic rings. The molecule has 1 aromatic heterocycles. The van der Waals surface area contributed by atoms with E-state index in [1.807, 2.05) is 0 Å². The van der Waals surface area contributed by atoms with Gasteiger partial charge in [0.1, 0.15) is 5.69 Å². The van der Waals surface area contributed by atoms with Gasteiger partial charge in [0.25, 0.3) is 6.43 Å². The zero-order valence-corrected chi connectivity index (χ0v) is 9.90. The van der Waals surface area contributed by atoms with E-state index in [2.05, 4.69) is 4.98 Å². The number of hydrogen-bond donors (Lipinski definition) is 1. The Morgan fingerprint density at radius 1 is 1.42 bits per heavy atom. The molecule has 1 N–H and O–H groups in total. The first kappa shape index (κ1) is 15.6. The monoisotopic (exact) mass is 303 g/mol. The lowest BCUT2D eigenvalue weighted by atomic mass is 10.0. The molecule has 0 saturated carbocycles. The first-order valence-electron chi connectivity index (χ1n) is 4.82. The number of carboxylic acid groups (broad SMARTS) is 1. The first-order valence-corrected chi connectivity index (χ1v) is 5.36. The molecule has 0 unspecified atom stereocenters. The van der Waals surface area contributed by atoms with Gasteiger partial charge in [0, 0.05) is 0 Å². The Labute approximate surface area is 109 Å². The molecule has 0 radical (unpaired) electrons. The number of halogens is 6. The third-order valence-electron chi connectivity index (χ3n) is 2.20. The Morgan fingerprint density at radius 2 is 2.00 bits per heavy atom. The summed E-state index contributed by atoms with van der Waals surface area (Å²) in [5.74, 6) is -1.87. The molecular weight excluding hydrogens is 297 g/mol. The van der Waals surface area contributed by atoms with Crippen LogP contribution in [0.1, 0.15) is 28.9 Å². The molecular formula is C10H7ClF5NO2. The fraction of sp³-hybridized carbons (Fsp3) is 0.400. The van der Waals surface area contributed by atoms with Gasteiger partial charge in [-0.2, -0.15) is 13.2 Å². The third-order valence-corrected chi connectivity index (χ3v) is 2.45. The predicted octanol–water partition coefficient (Wildman–Crippen LogP) is 3.40. The van der Waals surface area contributed by atoms with Crippen molar-refractivity contribution in [3.63, 3.8) is 0 Å². The summed E-state index contributed by atoms with van der Waals surface area (Å²) < 4.78 is 62.9. The van der Waals surface area contributed by atoms with E-state index < -0.39 is 42.1 Å². The fourth-order valence-electron chi connectivity index (χ4n) is 1.43. The molecule has 0 bridgehead atoms. The minimum absolute atomic E-state index is 0.299. The van der Waals surface area contributed by atoms with Crippen molar-refractivity contribution >= 4 is 17.6 Å². The molecule has 9 heteroatoms. The van der Waals surface area contributed by atoms with E-state index in [0.29, 0.717) is 6.07 Å². The van der Waals surface area contributed by atoms with Gasteiger partial charge in [0.2, 0.25) is 0 Å². The van der Waals surface area contributed by atoms with Crippen LogP contribution in [0.15, 0.2) is 6.07 Å². The molecule has 1 heterocycles. The topological polar surface area (TPSA) is 50.2 Å². The number of hydrogen-bond acceptors (Lipinski definition) is 2. The lowest BCUT2D eigenvalue weighted by Crippen LogP contribution is -2.15. The summed E-state index contributed by atoms with van der Waals surface area (Å²) in [4.78, 5) is 13.7. The Morgan fingerprint density at radius 3 is 2.37 bits per heavy atom. The molecule has 0 spiro atoms. The zero-order valence-electron chi connectivity index (χ0n) is 9.14. The highest BCUT2D eigenvalue weighted by atomic mass is 35.5. The molecule has 0 fully saturated rings. The maximum atomic E-state index is 12.6. The zero-order chi connectivity index (χ0) is 14.8. The van der Waals surface area contributed by atoms with Crippen LogP contribution < -0.4 is 0 Å². The van der Waals surface area contributed by atoms with Gasteiger partial charge in [0.05, 0.1) is 23.6 Å². The minimum atomic E-state index is -5.04. The maximum Gasteiger partial charge on any atom is 0.418 e. The van der Waals surface area contributed by atoms with E-state index in [-0.39, 0.29) is 11.3 Å². The van der Waals surface area contributed by atoms with Crippen molar-refractivity contribution in [2.45, 2.75) is 24.9 Å². The standard InChI is InChI=1S/C10H7ClF5NO2/c11-3-6-4(2-7(18)19)1-5(10(14,15)16)8(17-6)9(12)13/h1,9H,2-3H2,(H,18,19). The van der Waals surface area contributed by atoms with Crippen LogP contribution in [0.5, 0.6) is 0 Å². The van der Waals surface area contributed by atoms with Gasteiger partial charge in [0.15, 0.2) is 0 Å². The van der Waals surface area contributed by atoms with E-state index in [4.69, 9.17) is 16.7 Å². The van der Waals surface area contributed by atoms with Crippen molar-refractivity contribution in [3.8, 4) is 0 Å². The van der Waals surface area contributed by atoms with Crippen molar-refractivity contribution in [1.82, 2.24) is 4.98 Å². The highest BCUT2D eigenvalue weighted by molar-refractivity contribution is 6.17. The van der Waals surface area contributed by atoms with Crippen LogP contribution in [0.3, 0.4) is 0 Å². The Kier molecular flexibility index (Phi) is 4.67. The van der Waals surface area contributed by atoms with Crippen LogP contribution >= 0.6 is 11.6 Å². The second-order valence-electron chi connectivity index (χ2n) is 3.53. The van der Waals surface area contributed by atoms with Gasteiger partial charge in [-0.15, -0.1) is 11.6 Å². The lowest BCUT2D eigenvalue weighted by Gasteiger charge is -2.15.